The van der Waals surface area contributed by atoms with Crippen molar-refractivity contribution in [3.05, 3.63) is 29.8 Å². The highest BCUT2D eigenvalue weighted by molar-refractivity contribution is 9.09. The lowest BCUT2D eigenvalue weighted by Crippen LogP contribution is -1.90. The quantitative estimate of drug-likeness (QED) is 0.587. The minimum absolute atomic E-state index is 0.219. The van der Waals surface area contributed by atoms with Crippen LogP contribution in [0.3, 0.4) is 0 Å². The predicted molar refractivity (Wildman–Crippen MR) is 50.7 cm³/mol. The maximum atomic E-state index is 10.4. The van der Waals surface area contributed by atoms with E-state index in [-0.39, 0.29) is 4.83 Å². The van der Waals surface area contributed by atoms with Gasteiger partial charge >= 0.3 is 0 Å². The number of hydrogen-bond donors (Lipinski definition) is 0. The van der Waals surface area contributed by atoms with Crippen molar-refractivity contribution in [3.63, 3.8) is 0 Å². The van der Waals surface area contributed by atoms with Gasteiger partial charge in [0.2, 0.25) is 0 Å². The molecule has 1 aromatic carbocycles. The van der Waals surface area contributed by atoms with E-state index in [0.717, 1.165) is 17.6 Å². The molecule has 0 saturated heterocycles. The second-order valence-corrected chi connectivity index (χ2v) is 3.30. The highest BCUT2D eigenvalue weighted by atomic mass is 79.9. The molecule has 0 aromatic heterocycles. The Morgan fingerprint density at radius 2 is 2.00 bits per heavy atom. The number of alkyl halides is 1. The van der Waals surface area contributed by atoms with Gasteiger partial charge < -0.3 is 9.53 Å². The molecule has 1 unspecified atom stereocenters. The summed E-state index contributed by atoms with van der Waals surface area (Å²) in [7, 11) is 1.61. The molecule has 0 N–H and O–H groups in total. The van der Waals surface area contributed by atoms with Crippen LogP contribution in [0.4, 0.5) is 0 Å². The van der Waals surface area contributed by atoms with Crippen molar-refractivity contribution in [2.75, 3.05) is 7.11 Å². The number of rotatable bonds is 3. The number of carbonyl (C=O) groups excluding carboxylic acids is 1. The van der Waals surface area contributed by atoms with Gasteiger partial charge in [0, 0.05) is 0 Å². The normalized spacial score (nSPS) is 12.2. The van der Waals surface area contributed by atoms with Crippen LogP contribution in [0, 0.1) is 0 Å². The average molecular weight is 229 g/mol. The van der Waals surface area contributed by atoms with E-state index in [9.17, 15) is 4.79 Å². The smallest absolute Gasteiger partial charge is 0.138 e. The number of aldehydes is 1. The van der Waals surface area contributed by atoms with Crippen molar-refractivity contribution in [1.29, 1.82) is 0 Å². The first-order valence-electron chi connectivity index (χ1n) is 3.51. The Kier molecular flexibility index (Phi) is 3.29. The van der Waals surface area contributed by atoms with E-state index in [2.05, 4.69) is 15.9 Å². The first kappa shape index (κ1) is 9.26. The molecule has 12 heavy (non-hydrogen) atoms. The summed E-state index contributed by atoms with van der Waals surface area (Å²) in [5.41, 5.74) is 0.936. The van der Waals surface area contributed by atoms with Crippen molar-refractivity contribution in [1.82, 2.24) is 0 Å². The van der Waals surface area contributed by atoms with Crippen LogP contribution < -0.4 is 4.74 Å². The molecule has 0 aliphatic rings. The van der Waals surface area contributed by atoms with Crippen LogP contribution in [0.1, 0.15) is 10.4 Å². The maximum Gasteiger partial charge on any atom is 0.138 e. The highest BCUT2D eigenvalue weighted by Gasteiger charge is 2.04. The molecule has 1 aromatic rings. The lowest BCUT2D eigenvalue weighted by atomic mass is 10.2. The van der Waals surface area contributed by atoms with Gasteiger partial charge in [0.25, 0.3) is 0 Å². The Morgan fingerprint density at radius 3 is 2.42 bits per heavy atom. The van der Waals surface area contributed by atoms with Crippen LogP contribution in [-0.4, -0.2) is 13.4 Å². The fourth-order valence-electron chi connectivity index (χ4n) is 0.866. The number of ether oxygens (including phenoxy) is 1. The third-order valence-corrected chi connectivity index (χ3v) is 2.30. The van der Waals surface area contributed by atoms with Crippen molar-refractivity contribution >= 4 is 22.2 Å². The summed E-state index contributed by atoms with van der Waals surface area (Å²) in [6, 6.07) is 7.36. The molecule has 0 saturated carbocycles. The van der Waals surface area contributed by atoms with Crippen LogP contribution in [0.15, 0.2) is 24.3 Å². The van der Waals surface area contributed by atoms with Crippen LogP contribution in [0.2, 0.25) is 0 Å². The molecule has 0 aliphatic carbocycles. The monoisotopic (exact) mass is 228 g/mol. The molecule has 0 aliphatic heterocycles. The van der Waals surface area contributed by atoms with Crippen LogP contribution in [0.5, 0.6) is 5.75 Å². The zero-order valence-corrected chi connectivity index (χ0v) is 8.24. The van der Waals surface area contributed by atoms with E-state index in [1.54, 1.807) is 7.11 Å². The molecule has 0 heterocycles. The summed E-state index contributed by atoms with van der Waals surface area (Å²) in [5, 5.41) is 0. The summed E-state index contributed by atoms with van der Waals surface area (Å²) in [6.45, 7) is 0. The summed E-state index contributed by atoms with van der Waals surface area (Å²) < 4.78 is 4.98. The van der Waals surface area contributed by atoms with Gasteiger partial charge in [-0.05, 0) is 17.7 Å². The van der Waals surface area contributed by atoms with Crippen molar-refractivity contribution in [2.24, 2.45) is 0 Å². The van der Waals surface area contributed by atoms with Gasteiger partial charge in [0.1, 0.15) is 12.0 Å². The minimum atomic E-state index is -0.219. The Bertz CT molecular complexity index is 256. The fourth-order valence-corrected chi connectivity index (χ4v) is 1.17. The molecular formula is C9H9BrO2. The van der Waals surface area contributed by atoms with Gasteiger partial charge in [-0.1, -0.05) is 28.1 Å². The van der Waals surface area contributed by atoms with E-state index in [1.807, 2.05) is 24.3 Å². The van der Waals surface area contributed by atoms with Crippen LogP contribution in [0.25, 0.3) is 0 Å². The highest BCUT2D eigenvalue weighted by Crippen LogP contribution is 2.22. The molecule has 64 valence electrons. The molecule has 0 radical (unpaired) electrons. The Hall–Kier alpha value is -0.830. The molecule has 0 spiro atoms. The zero-order valence-electron chi connectivity index (χ0n) is 6.66. The third kappa shape index (κ3) is 2.08. The lowest BCUT2D eigenvalue weighted by Gasteiger charge is -2.03. The van der Waals surface area contributed by atoms with Crippen LogP contribution >= 0.6 is 15.9 Å². The van der Waals surface area contributed by atoms with Gasteiger partial charge in [-0.2, -0.15) is 0 Å². The first-order chi connectivity index (χ1) is 5.77. The molecule has 2 nitrogen and oxygen atoms in total. The average Bonchev–Trinajstić information content (AvgIpc) is 2.17. The van der Waals surface area contributed by atoms with E-state index in [1.165, 1.54) is 0 Å². The molecule has 1 atom stereocenters. The van der Waals surface area contributed by atoms with E-state index in [0.29, 0.717) is 0 Å². The fraction of sp³-hybridized carbons (Fsp3) is 0.222. The second kappa shape index (κ2) is 4.26. The topological polar surface area (TPSA) is 26.3 Å². The Morgan fingerprint density at radius 1 is 1.42 bits per heavy atom. The van der Waals surface area contributed by atoms with Gasteiger partial charge in [0.05, 0.1) is 11.9 Å². The summed E-state index contributed by atoms with van der Waals surface area (Å²) in [6.07, 6.45) is 0.849. The molecule has 1 rings (SSSR count). The van der Waals surface area contributed by atoms with Crippen molar-refractivity contribution in [3.8, 4) is 5.75 Å². The lowest BCUT2D eigenvalue weighted by molar-refractivity contribution is -0.107. The van der Waals surface area contributed by atoms with E-state index < -0.39 is 0 Å². The SMILES string of the molecule is COc1ccc(C(Br)C=O)cc1. The van der Waals surface area contributed by atoms with Gasteiger partial charge in [-0.15, -0.1) is 0 Å². The number of carbonyl (C=O) groups is 1. The third-order valence-electron chi connectivity index (χ3n) is 1.55. The predicted octanol–water partition coefficient (Wildman–Crippen LogP) is 2.33. The van der Waals surface area contributed by atoms with Crippen LogP contribution in [-0.2, 0) is 4.79 Å². The standard InChI is InChI=1S/C9H9BrO2/c1-12-8-4-2-7(3-5-8)9(10)6-11/h2-6,9H,1H3. The summed E-state index contributed by atoms with van der Waals surface area (Å²) in [5.74, 6) is 0.796. The molecular weight excluding hydrogens is 220 g/mol. The largest absolute Gasteiger partial charge is 0.497 e. The molecule has 3 heteroatoms. The summed E-state index contributed by atoms with van der Waals surface area (Å²) in [4.78, 5) is 10.2. The van der Waals surface area contributed by atoms with Crippen molar-refractivity contribution < 1.29 is 9.53 Å². The van der Waals surface area contributed by atoms with Gasteiger partial charge in [-0.25, -0.2) is 0 Å². The Balaban J connectivity index is 2.84. The van der Waals surface area contributed by atoms with Gasteiger partial charge in [-0.3, -0.25) is 0 Å². The number of hydrogen-bond acceptors (Lipinski definition) is 2. The number of methoxy groups -OCH3 is 1. The second-order valence-electron chi connectivity index (χ2n) is 2.31. The minimum Gasteiger partial charge on any atom is -0.497 e. The van der Waals surface area contributed by atoms with Crippen molar-refractivity contribution in [2.45, 2.75) is 4.83 Å². The van der Waals surface area contributed by atoms with E-state index >= 15 is 0 Å². The number of halogens is 1. The zero-order chi connectivity index (χ0) is 8.97. The summed E-state index contributed by atoms with van der Waals surface area (Å²) >= 11 is 3.22. The van der Waals surface area contributed by atoms with Gasteiger partial charge in [0.15, 0.2) is 0 Å². The van der Waals surface area contributed by atoms with E-state index in [4.69, 9.17) is 4.74 Å². The Labute approximate surface area is 79.7 Å². The molecule has 0 fully saturated rings. The molecule has 0 bridgehead atoms. The first-order valence-corrected chi connectivity index (χ1v) is 4.43. The molecule has 0 amide bonds. The number of benzene rings is 1. The maximum absolute atomic E-state index is 10.4.